The van der Waals surface area contributed by atoms with Gasteiger partial charge in [0.25, 0.3) is 0 Å². The van der Waals surface area contributed by atoms with Gasteiger partial charge in [-0.2, -0.15) is 0 Å². The van der Waals surface area contributed by atoms with Gasteiger partial charge < -0.3 is 4.57 Å². The summed E-state index contributed by atoms with van der Waals surface area (Å²) in [5, 5.41) is 1.04. The number of nitrogens with zero attached hydrogens (tertiary/aromatic N) is 4. The molecule has 0 radical (unpaired) electrons. The van der Waals surface area contributed by atoms with E-state index >= 15 is 0 Å². The second-order valence-electron chi connectivity index (χ2n) is 3.67. The molecule has 0 saturated heterocycles. The fraction of sp³-hybridized carbons (Fsp3) is 0.0833. The van der Waals surface area contributed by atoms with Crippen molar-refractivity contribution in [3.05, 3.63) is 43.0 Å². The van der Waals surface area contributed by atoms with E-state index in [2.05, 4.69) is 15.0 Å². The highest BCUT2D eigenvalue weighted by Crippen LogP contribution is 2.17. The molecule has 16 heavy (non-hydrogen) atoms. The molecule has 0 saturated carbocycles. The van der Waals surface area contributed by atoms with Gasteiger partial charge in [0.15, 0.2) is 5.65 Å². The number of rotatable bonds is 1. The molecule has 0 aromatic carbocycles. The predicted octanol–water partition coefficient (Wildman–Crippen LogP) is 2.03. The van der Waals surface area contributed by atoms with Crippen molar-refractivity contribution < 1.29 is 0 Å². The number of aromatic nitrogens is 4. The van der Waals surface area contributed by atoms with E-state index in [1.54, 1.807) is 12.5 Å². The van der Waals surface area contributed by atoms with Gasteiger partial charge in [0.1, 0.15) is 5.69 Å². The first-order chi connectivity index (χ1) is 7.83. The van der Waals surface area contributed by atoms with Gasteiger partial charge in [0.05, 0.1) is 12.0 Å². The van der Waals surface area contributed by atoms with E-state index in [4.69, 9.17) is 0 Å². The maximum atomic E-state index is 4.47. The first kappa shape index (κ1) is 9.03. The molecule has 0 fully saturated rings. The van der Waals surface area contributed by atoms with E-state index in [9.17, 15) is 0 Å². The van der Waals surface area contributed by atoms with Crippen molar-refractivity contribution in [1.29, 1.82) is 0 Å². The minimum absolute atomic E-state index is 0.755. The van der Waals surface area contributed by atoms with Crippen molar-refractivity contribution in [2.24, 2.45) is 7.05 Å². The summed E-state index contributed by atoms with van der Waals surface area (Å²) in [6.45, 7) is 0. The van der Waals surface area contributed by atoms with Crippen LogP contribution in [0, 0.1) is 0 Å². The minimum Gasteiger partial charge on any atom is -0.340 e. The Balaban J connectivity index is 2.18. The highest BCUT2D eigenvalue weighted by molar-refractivity contribution is 5.77. The summed E-state index contributed by atoms with van der Waals surface area (Å²) < 4.78 is 1.90. The van der Waals surface area contributed by atoms with Crippen LogP contribution in [0.1, 0.15) is 0 Å². The van der Waals surface area contributed by atoms with Gasteiger partial charge in [-0.15, -0.1) is 0 Å². The maximum Gasteiger partial charge on any atom is 0.159 e. The first-order valence-electron chi connectivity index (χ1n) is 5.03. The van der Waals surface area contributed by atoms with Gasteiger partial charge >= 0.3 is 0 Å². The summed E-state index contributed by atoms with van der Waals surface area (Å²) in [5.74, 6) is 0. The molecule has 78 valence electrons. The quantitative estimate of drug-likeness (QED) is 0.617. The smallest absolute Gasteiger partial charge is 0.159 e. The molecule has 0 aliphatic rings. The van der Waals surface area contributed by atoms with Crippen LogP contribution in [-0.4, -0.2) is 19.5 Å². The van der Waals surface area contributed by atoms with Crippen LogP contribution >= 0.6 is 0 Å². The molecule has 0 bridgehead atoms. The van der Waals surface area contributed by atoms with Crippen LogP contribution in [0.25, 0.3) is 22.4 Å². The van der Waals surface area contributed by atoms with Crippen molar-refractivity contribution in [3.8, 4) is 11.4 Å². The molecular formula is C12H10N4. The lowest BCUT2D eigenvalue weighted by Gasteiger charge is -1.98. The van der Waals surface area contributed by atoms with Crippen LogP contribution in [0.4, 0.5) is 0 Å². The number of aryl methyl sites for hydroxylation is 1. The topological polar surface area (TPSA) is 43.6 Å². The Morgan fingerprint density at radius 2 is 2.00 bits per heavy atom. The zero-order chi connectivity index (χ0) is 11.0. The summed E-state index contributed by atoms with van der Waals surface area (Å²) >= 11 is 0. The van der Waals surface area contributed by atoms with Crippen molar-refractivity contribution in [1.82, 2.24) is 19.5 Å². The van der Waals surface area contributed by atoms with Crippen LogP contribution in [0.3, 0.4) is 0 Å². The van der Waals surface area contributed by atoms with Crippen molar-refractivity contribution >= 4 is 11.0 Å². The van der Waals surface area contributed by atoms with Crippen LogP contribution in [0.2, 0.25) is 0 Å². The Bertz CT molecular complexity index is 642. The summed E-state index contributed by atoms with van der Waals surface area (Å²) in [6, 6.07) is 7.88. The highest BCUT2D eigenvalue weighted by atomic mass is 15.0. The number of pyridine rings is 2. The second kappa shape index (κ2) is 3.41. The van der Waals surface area contributed by atoms with Crippen LogP contribution in [-0.2, 0) is 7.05 Å². The van der Waals surface area contributed by atoms with E-state index in [1.807, 2.05) is 42.1 Å². The Kier molecular flexibility index (Phi) is 1.93. The average Bonchev–Trinajstić information content (AvgIpc) is 2.75. The minimum atomic E-state index is 0.755. The third-order valence-electron chi connectivity index (χ3n) is 2.43. The molecule has 0 spiro atoms. The molecule has 3 aromatic heterocycles. The van der Waals surface area contributed by atoms with E-state index in [-0.39, 0.29) is 0 Å². The van der Waals surface area contributed by atoms with E-state index < -0.39 is 0 Å². The lowest BCUT2D eigenvalue weighted by Crippen LogP contribution is -1.87. The molecule has 3 rings (SSSR count). The van der Waals surface area contributed by atoms with E-state index in [0.29, 0.717) is 0 Å². The molecule has 3 aromatic rings. The molecule has 3 heterocycles. The van der Waals surface area contributed by atoms with Crippen LogP contribution < -0.4 is 0 Å². The number of hydrogen-bond acceptors (Lipinski definition) is 3. The molecule has 0 aliphatic heterocycles. The third-order valence-corrected chi connectivity index (χ3v) is 2.43. The molecule has 0 N–H and O–H groups in total. The van der Waals surface area contributed by atoms with Gasteiger partial charge in [0.2, 0.25) is 0 Å². The fourth-order valence-electron chi connectivity index (χ4n) is 1.64. The van der Waals surface area contributed by atoms with Crippen molar-refractivity contribution in [3.63, 3.8) is 0 Å². The van der Waals surface area contributed by atoms with E-state index in [1.165, 1.54) is 0 Å². The fourth-order valence-corrected chi connectivity index (χ4v) is 1.64. The number of imidazole rings is 1. The lowest BCUT2D eigenvalue weighted by atomic mass is 10.2. The second-order valence-corrected chi connectivity index (χ2v) is 3.67. The monoisotopic (exact) mass is 210 g/mol. The maximum absolute atomic E-state index is 4.47. The highest BCUT2D eigenvalue weighted by Gasteiger charge is 2.03. The normalized spacial score (nSPS) is 10.8. The molecule has 4 heteroatoms. The Hall–Kier alpha value is -2.23. The molecule has 0 atom stereocenters. The van der Waals surface area contributed by atoms with Gasteiger partial charge in [-0.3, -0.25) is 0 Å². The van der Waals surface area contributed by atoms with Crippen LogP contribution in [0.15, 0.2) is 43.0 Å². The zero-order valence-electron chi connectivity index (χ0n) is 8.83. The molecule has 0 unspecified atom stereocenters. The van der Waals surface area contributed by atoms with Gasteiger partial charge in [-0.1, -0.05) is 0 Å². The number of hydrogen-bond donors (Lipinski definition) is 0. The Morgan fingerprint density at radius 1 is 1.06 bits per heavy atom. The molecule has 0 aliphatic carbocycles. The summed E-state index contributed by atoms with van der Waals surface area (Å²) in [5.41, 5.74) is 2.48. The van der Waals surface area contributed by atoms with E-state index in [0.717, 1.165) is 22.4 Å². The van der Waals surface area contributed by atoms with Crippen molar-refractivity contribution in [2.45, 2.75) is 0 Å². The van der Waals surface area contributed by atoms with Crippen LogP contribution in [0.5, 0.6) is 0 Å². The van der Waals surface area contributed by atoms with Gasteiger partial charge in [-0.05, 0) is 24.3 Å². The largest absolute Gasteiger partial charge is 0.340 e. The third kappa shape index (κ3) is 1.44. The Labute approximate surface area is 92.6 Å². The zero-order valence-corrected chi connectivity index (χ0v) is 8.83. The molecular weight excluding hydrogens is 200 g/mol. The summed E-state index contributed by atoms with van der Waals surface area (Å²) in [7, 11) is 1.94. The predicted molar refractivity (Wildman–Crippen MR) is 61.7 cm³/mol. The summed E-state index contributed by atoms with van der Waals surface area (Å²) in [6.07, 6.45) is 5.45. The van der Waals surface area contributed by atoms with Gasteiger partial charge in [-0.25, -0.2) is 15.0 Å². The lowest BCUT2D eigenvalue weighted by molar-refractivity contribution is 0.913. The molecule has 4 nitrogen and oxygen atoms in total. The SMILES string of the molecule is Cn1cnc(-c2ccc3cccnc3n2)c1. The average molecular weight is 210 g/mol. The standard InChI is InChI=1S/C12H10N4/c1-16-7-11(14-8-16)10-5-4-9-3-2-6-13-12(9)15-10/h2-8H,1H3. The Morgan fingerprint density at radius 3 is 2.81 bits per heavy atom. The van der Waals surface area contributed by atoms with Crippen molar-refractivity contribution in [2.75, 3.05) is 0 Å². The number of fused-ring (bicyclic) bond motifs is 1. The van der Waals surface area contributed by atoms with Gasteiger partial charge in [0, 0.05) is 24.8 Å². The molecule has 0 amide bonds. The first-order valence-corrected chi connectivity index (χ1v) is 5.03. The summed E-state index contributed by atoms with van der Waals surface area (Å²) in [4.78, 5) is 13.0.